The number of amides is 1. The maximum atomic E-state index is 12.3. The number of carbonyl (C=O) groups excluding carboxylic acids is 1. The fraction of sp³-hybridized carbons (Fsp3) is 0.333. The molecule has 0 radical (unpaired) electrons. The first kappa shape index (κ1) is 19.7. The van der Waals surface area contributed by atoms with Crippen molar-refractivity contribution in [3.63, 3.8) is 0 Å². The van der Waals surface area contributed by atoms with Crippen molar-refractivity contribution in [2.75, 3.05) is 26.5 Å². The molecule has 10 heteroatoms. The van der Waals surface area contributed by atoms with Crippen LogP contribution < -0.4 is 20.3 Å². The molecule has 2 aromatic heterocycles. The lowest BCUT2D eigenvalue weighted by molar-refractivity contribution is -0.118. The zero-order valence-electron chi connectivity index (χ0n) is 15.6. The topological polar surface area (TPSA) is 122 Å². The summed E-state index contributed by atoms with van der Waals surface area (Å²) >= 11 is 1.38. The number of imidazole rings is 1. The van der Waals surface area contributed by atoms with Gasteiger partial charge in [0, 0.05) is 30.9 Å². The van der Waals surface area contributed by atoms with E-state index in [4.69, 9.17) is 9.47 Å². The van der Waals surface area contributed by atoms with Crippen LogP contribution in [0.5, 0.6) is 11.5 Å². The molecule has 0 atom stereocenters. The first-order chi connectivity index (χ1) is 13.6. The summed E-state index contributed by atoms with van der Waals surface area (Å²) in [6.45, 7) is 0.536. The number of aromatic amines is 2. The Labute approximate surface area is 165 Å². The van der Waals surface area contributed by atoms with Crippen molar-refractivity contribution in [2.24, 2.45) is 0 Å². The van der Waals surface area contributed by atoms with Gasteiger partial charge in [0.25, 0.3) is 5.56 Å². The average molecular weight is 403 g/mol. The van der Waals surface area contributed by atoms with Crippen LogP contribution in [0.4, 0.5) is 0 Å². The van der Waals surface area contributed by atoms with Crippen LogP contribution in [0.25, 0.3) is 10.9 Å². The summed E-state index contributed by atoms with van der Waals surface area (Å²) in [4.78, 5) is 38.4. The fourth-order valence-corrected chi connectivity index (χ4v) is 3.35. The average Bonchev–Trinajstić information content (AvgIpc) is 3.20. The van der Waals surface area contributed by atoms with Crippen LogP contribution in [0.3, 0.4) is 0 Å². The Balaban J connectivity index is 1.56. The number of benzene rings is 1. The van der Waals surface area contributed by atoms with Gasteiger partial charge in [-0.15, -0.1) is 11.8 Å². The van der Waals surface area contributed by atoms with E-state index in [9.17, 15) is 9.59 Å². The number of aromatic nitrogens is 4. The van der Waals surface area contributed by atoms with E-state index in [2.05, 4.69) is 25.3 Å². The highest BCUT2D eigenvalue weighted by atomic mass is 32.2. The summed E-state index contributed by atoms with van der Waals surface area (Å²) < 4.78 is 10.5. The highest BCUT2D eigenvalue weighted by Crippen LogP contribution is 2.30. The van der Waals surface area contributed by atoms with Gasteiger partial charge in [-0.25, -0.2) is 9.97 Å². The van der Waals surface area contributed by atoms with E-state index in [1.54, 1.807) is 24.7 Å². The standard InChI is InChI=1S/C18H21N5O4S/c1-26-14-5-12-13(6-15(14)27-2)22-16(23-18(12)25)8-28-9-17(24)20-4-3-11-7-19-10-21-11/h5-7,10H,3-4,8-9H2,1-2H3,(H,19,21)(H,20,24)(H,22,23,25). The first-order valence-electron chi connectivity index (χ1n) is 8.57. The van der Waals surface area contributed by atoms with Crippen molar-refractivity contribution in [3.05, 3.63) is 46.5 Å². The Bertz CT molecular complexity index is 1000. The maximum absolute atomic E-state index is 12.3. The van der Waals surface area contributed by atoms with Gasteiger partial charge in [-0.05, 0) is 6.07 Å². The number of nitrogens with one attached hydrogen (secondary N) is 3. The molecule has 0 aliphatic heterocycles. The Kier molecular flexibility index (Phi) is 6.53. The molecular formula is C18H21N5O4S. The van der Waals surface area contributed by atoms with Gasteiger partial charge in [-0.2, -0.15) is 0 Å². The Hall–Kier alpha value is -3.01. The van der Waals surface area contributed by atoms with Crippen LogP contribution in [0.2, 0.25) is 0 Å². The van der Waals surface area contributed by atoms with E-state index in [1.165, 1.54) is 26.0 Å². The van der Waals surface area contributed by atoms with Gasteiger partial charge in [0.05, 0.1) is 43.0 Å². The number of hydrogen-bond donors (Lipinski definition) is 3. The predicted octanol–water partition coefficient (Wildman–Crippen LogP) is 1.26. The van der Waals surface area contributed by atoms with Crippen LogP contribution in [-0.4, -0.2) is 52.4 Å². The minimum absolute atomic E-state index is 0.0703. The van der Waals surface area contributed by atoms with Crippen LogP contribution in [0.15, 0.2) is 29.5 Å². The smallest absolute Gasteiger partial charge is 0.258 e. The lowest BCUT2D eigenvalue weighted by Gasteiger charge is -2.09. The number of nitrogens with zero attached hydrogens (tertiary/aromatic N) is 2. The number of fused-ring (bicyclic) bond motifs is 1. The van der Waals surface area contributed by atoms with Crippen molar-refractivity contribution in [1.82, 2.24) is 25.3 Å². The summed E-state index contributed by atoms with van der Waals surface area (Å²) in [5.74, 6) is 2.09. The number of methoxy groups -OCH3 is 2. The lowest BCUT2D eigenvalue weighted by atomic mass is 10.2. The lowest BCUT2D eigenvalue weighted by Crippen LogP contribution is -2.27. The van der Waals surface area contributed by atoms with E-state index in [1.807, 2.05) is 0 Å². The van der Waals surface area contributed by atoms with Gasteiger partial charge in [-0.1, -0.05) is 0 Å². The van der Waals surface area contributed by atoms with E-state index < -0.39 is 0 Å². The summed E-state index contributed by atoms with van der Waals surface area (Å²) in [7, 11) is 3.04. The predicted molar refractivity (Wildman–Crippen MR) is 107 cm³/mol. The third kappa shape index (κ3) is 4.83. The zero-order chi connectivity index (χ0) is 19.9. The highest BCUT2D eigenvalue weighted by Gasteiger charge is 2.11. The van der Waals surface area contributed by atoms with Gasteiger partial charge in [0.15, 0.2) is 11.5 Å². The first-order valence-corrected chi connectivity index (χ1v) is 9.72. The molecule has 0 bridgehead atoms. The molecule has 1 aromatic carbocycles. The molecule has 0 spiro atoms. The Morgan fingerprint density at radius 3 is 2.75 bits per heavy atom. The second-order valence-corrected chi connectivity index (χ2v) is 6.89. The van der Waals surface area contributed by atoms with E-state index in [-0.39, 0.29) is 17.2 Å². The minimum Gasteiger partial charge on any atom is -0.493 e. The molecule has 0 unspecified atom stereocenters. The van der Waals surface area contributed by atoms with Crippen LogP contribution in [0.1, 0.15) is 11.5 Å². The second kappa shape index (κ2) is 9.27. The second-order valence-electron chi connectivity index (χ2n) is 5.91. The van der Waals surface area contributed by atoms with Gasteiger partial charge >= 0.3 is 0 Å². The van der Waals surface area contributed by atoms with E-state index in [0.29, 0.717) is 46.9 Å². The normalized spacial score (nSPS) is 10.8. The monoisotopic (exact) mass is 403 g/mol. The number of ether oxygens (including phenoxy) is 2. The summed E-state index contributed by atoms with van der Waals surface area (Å²) in [5, 5.41) is 3.27. The third-order valence-corrected chi connectivity index (χ3v) is 4.95. The molecule has 148 valence electrons. The van der Waals surface area contributed by atoms with Crippen molar-refractivity contribution >= 4 is 28.6 Å². The van der Waals surface area contributed by atoms with E-state index in [0.717, 1.165) is 5.69 Å². The molecule has 2 heterocycles. The minimum atomic E-state index is -0.259. The van der Waals surface area contributed by atoms with Crippen LogP contribution in [0, 0.1) is 0 Å². The van der Waals surface area contributed by atoms with Crippen molar-refractivity contribution in [3.8, 4) is 11.5 Å². The molecule has 3 N–H and O–H groups in total. The maximum Gasteiger partial charge on any atom is 0.258 e. The molecule has 0 saturated carbocycles. The zero-order valence-corrected chi connectivity index (χ0v) is 16.4. The number of H-pyrrole nitrogens is 2. The van der Waals surface area contributed by atoms with Gasteiger partial charge in [-0.3, -0.25) is 9.59 Å². The molecule has 28 heavy (non-hydrogen) atoms. The van der Waals surface area contributed by atoms with Crippen molar-refractivity contribution in [1.29, 1.82) is 0 Å². The largest absolute Gasteiger partial charge is 0.493 e. The van der Waals surface area contributed by atoms with Gasteiger partial charge < -0.3 is 24.8 Å². The molecule has 9 nitrogen and oxygen atoms in total. The van der Waals surface area contributed by atoms with Crippen LogP contribution >= 0.6 is 11.8 Å². The highest BCUT2D eigenvalue weighted by molar-refractivity contribution is 7.99. The Morgan fingerprint density at radius 1 is 1.25 bits per heavy atom. The van der Waals surface area contributed by atoms with Crippen molar-refractivity contribution < 1.29 is 14.3 Å². The van der Waals surface area contributed by atoms with E-state index >= 15 is 0 Å². The number of rotatable bonds is 9. The molecule has 0 aliphatic rings. The van der Waals surface area contributed by atoms with Gasteiger partial charge in [0.1, 0.15) is 5.82 Å². The summed E-state index contributed by atoms with van der Waals surface area (Å²) in [5.41, 5.74) is 1.23. The summed E-state index contributed by atoms with van der Waals surface area (Å²) in [6.07, 6.45) is 4.03. The Morgan fingerprint density at radius 2 is 2.04 bits per heavy atom. The molecular weight excluding hydrogens is 382 g/mol. The quantitative estimate of drug-likeness (QED) is 0.491. The SMILES string of the molecule is COc1cc2nc(CSCC(=O)NCCc3cnc[nH]3)[nH]c(=O)c2cc1OC. The van der Waals surface area contributed by atoms with Crippen molar-refractivity contribution in [2.45, 2.75) is 12.2 Å². The molecule has 0 fully saturated rings. The number of thioether (sulfide) groups is 1. The van der Waals surface area contributed by atoms with Crippen LogP contribution in [-0.2, 0) is 17.0 Å². The fourth-order valence-electron chi connectivity index (χ4n) is 2.63. The molecule has 3 aromatic rings. The molecule has 0 saturated heterocycles. The molecule has 3 rings (SSSR count). The number of hydrogen-bond acceptors (Lipinski definition) is 7. The third-order valence-electron chi connectivity index (χ3n) is 4.00. The number of carbonyl (C=O) groups is 1. The molecule has 1 amide bonds. The summed E-state index contributed by atoms with van der Waals surface area (Å²) in [6, 6.07) is 3.27. The van der Waals surface area contributed by atoms with Gasteiger partial charge in [0.2, 0.25) is 5.91 Å². The molecule has 0 aliphatic carbocycles.